The first-order valence-corrected chi connectivity index (χ1v) is 7.81. The fourth-order valence-corrected chi connectivity index (χ4v) is 2.23. The number of hydrogen-bond donors (Lipinski definition) is 1. The van der Waals surface area contributed by atoms with Gasteiger partial charge < -0.3 is 10.1 Å². The topological polar surface area (TPSA) is 107 Å². The van der Waals surface area contributed by atoms with E-state index >= 15 is 0 Å². The van der Waals surface area contributed by atoms with Gasteiger partial charge in [0.05, 0.1) is 7.11 Å². The molecular formula is C19H21NO6. The number of carbonyl (C=O) groups excluding carboxylic acids is 5. The average Bonchev–Trinajstić information content (AvgIpc) is 2.55. The number of esters is 1. The molecule has 7 heteroatoms. The lowest BCUT2D eigenvalue weighted by Crippen LogP contribution is -2.42. The van der Waals surface area contributed by atoms with Crippen LogP contribution in [-0.4, -0.2) is 36.3 Å². The van der Waals surface area contributed by atoms with Gasteiger partial charge in [-0.25, -0.2) is 4.79 Å². The molecule has 0 aliphatic heterocycles. The predicted octanol–water partition coefficient (Wildman–Crippen LogP) is 1.70. The van der Waals surface area contributed by atoms with Gasteiger partial charge in [0, 0.05) is 5.69 Å². The van der Waals surface area contributed by atoms with Crippen molar-refractivity contribution in [1.82, 2.24) is 0 Å². The fraction of sp³-hybridized carbons (Fsp3) is 0.316. The predicted molar refractivity (Wildman–Crippen MR) is 94.5 cm³/mol. The van der Waals surface area contributed by atoms with Gasteiger partial charge in [0.1, 0.15) is 0 Å². The second kappa shape index (κ2) is 8.84. The highest BCUT2D eigenvalue weighted by atomic mass is 16.5. The number of Topliss-reactive ketones (excluding diaryl/α,β-unsaturated/α-hetero) is 2. The maximum atomic E-state index is 12.4. The van der Waals surface area contributed by atoms with Gasteiger partial charge in [-0.3, -0.25) is 19.2 Å². The molecule has 0 spiro atoms. The Morgan fingerprint density at radius 3 is 2.15 bits per heavy atom. The van der Waals surface area contributed by atoms with Crippen LogP contribution in [0.1, 0.15) is 25.0 Å². The maximum Gasteiger partial charge on any atom is 0.375 e. The minimum Gasteiger partial charge on any atom is -0.463 e. The van der Waals surface area contributed by atoms with Gasteiger partial charge in [-0.2, -0.15) is 0 Å². The molecule has 1 amide bonds. The van der Waals surface area contributed by atoms with E-state index in [2.05, 4.69) is 10.1 Å². The molecule has 1 rings (SSSR count). The summed E-state index contributed by atoms with van der Waals surface area (Å²) < 4.78 is 4.28. The first-order valence-electron chi connectivity index (χ1n) is 7.81. The van der Waals surface area contributed by atoms with E-state index in [9.17, 15) is 24.0 Å². The van der Waals surface area contributed by atoms with Crippen LogP contribution in [0.15, 0.2) is 29.8 Å². The summed E-state index contributed by atoms with van der Waals surface area (Å²) in [7, 11) is 0.947. The Morgan fingerprint density at radius 1 is 1.04 bits per heavy atom. The van der Waals surface area contributed by atoms with Crippen molar-refractivity contribution in [2.75, 3.05) is 12.4 Å². The number of amides is 1. The molecule has 0 radical (unpaired) electrons. The number of methoxy groups -OCH3 is 1. The molecule has 1 atom stereocenters. The second-order valence-electron chi connectivity index (χ2n) is 6.05. The van der Waals surface area contributed by atoms with Crippen LogP contribution in [0.4, 0.5) is 5.69 Å². The highest BCUT2D eigenvalue weighted by Gasteiger charge is 2.40. The Bertz CT molecular complexity index is 802. The molecule has 0 aliphatic carbocycles. The lowest BCUT2D eigenvalue weighted by atomic mass is 9.92. The lowest BCUT2D eigenvalue weighted by Gasteiger charge is -2.12. The van der Waals surface area contributed by atoms with Gasteiger partial charge in [0.15, 0.2) is 11.7 Å². The van der Waals surface area contributed by atoms with Gasteiger partial charge in [0.25, 0.3) is 11.7 Å². The SMILES string of the molecule is COC(=O)C(=O)[C@H](C(=O)C=C(C)C)C(=O)C(=O)Nc1ccc(C)cc1C. The molecule has 0 fully saturated rings. The van der Waals surface area contributed by atoms with Gasteiger partial charge in [-0.15, -0.1) is 0 Å². The molecule has 26 heavy (non-hydrogen) atoms. The van der Waals surface area contributed by atoms with Crippen molar-refractivity contribution < 1.29 is 28.7 Å². The van der Waals surface area contributed by atoms with Crippen molar-refractivity contribution in [3.8, 4) is 0 Å². The molecule has 1 aromatic carbocycles. The molecule has 138 valence electrons. The van der Waals surface area contributed by atoms with Crippen LogP contribution < -0.4 is 5.32 Å². The van der Waals surface area contributed by atoms with Crippen molar-refractivity contribution >= 4 is 34.9 Å². The zero-order valence-corrected chi connectivity index (χ0v) is 15.3. The zero-order valence-electron chi connectivity index (χ0n) is 15.3. The van der Waals surface area contributed by atoms with E-state index < -0.39 is 35.1 Å². The molecular weight excluding hydrogens is 338 g/mol. The largest absolute Gasteiger partial charge is 0.463 e. The van der Waals surface area contributed by atoms with Crippen molar-refractivity contribution in [2.24, 2.45) is 5.92 Å². The van der Waals surface area contributed by atoms with Crippen LogP contribution in [0.3, 0.4) is 0 Å². The lowest BCUT2D eigenvalue weighted by molar-refractivity contribution is -0.157. The molecule has 1 aromatic rings. The number of aryl methyl sites for hydroxylation is 2. The van der Waals surface area contributed by atoms with Crippen LogP contribution in [0.5, 0.6) is 0 Å². The van der Waals surface area contributed by atoms with Gasteiger partial charge in [-0.1, -0.05) is 23.3 Å². The Labute approximate surface area is 151 Å². The van der Waals surface area contributed by atoms with Crippen molar-refractivity contribution in [1.29, 1.82) is 0 Å². The number of anilines is 1. The van der Waals surface area contributed by atoms with E-state index in [1.807, 2.05) is 6.92 Å². The molecule has 0 saturated carbocycles. The molecule has 0 saturated heterocycles. The van der Waals surface area contributed by atoms with Crippen molar-refractivity contribution in [3.63, 3.8) is 0 Å². The minimum absolute atomic E-state index is 0.368. The number of hydrogen-bond acceptors (Lipinski definition) is 6. The highest BCUT2D eigenvalue weighted by Crippen LogP contribution is 2.17. The van der Waals surface area contributed by atoms with Gasteiger partial charge >= 0.3 is 5.97 Å². The molecule has 1 N–H and O–H groups in total. The molecule has 0 aliphatic rings. The van der Waals surface area contributed by atoms with E-state index in [0.29, 0.717) is 16.8 Å². The van der Waals surface area contributed by atoms with E-state index in [-0.39, 0.29) is 0 Å². The Morgan fingerprint density at radius 2 is 1.65 bits per heavy atom. The van der Waals surface area contributed by atoms with Crippen molar-refractivity contribution in [3.05, 3.63) is 41.0 Å². The average molecular weight is 359 g/mol. The summed E-state index contributed by atoms with van der Waals surface area (Å²) in [6, 6.07) is 5.13. The van der Waals surface area contributed by atoms with E-state index in [0.717, 1.165) is 18.7 Å². The normalized spacial score (nSPS) is 11.1. The highest BCUT2D eigenvalue weighted by molar-refractivity contribution is 6.55. The molecule has 0 heterocycles. The Kier molecular flexibility index (Phi) is 7.13. The van der Waals surface area contributed by atoms with Crippen molar-refractivity contribution in [2.45, 2.75) is 27.7 Å². The van der Waals surface area contributed by atoms with Crippen LogP contribution in [0, 0.1) is 19.8 Å². The van der Waals surface area contributed by atoms with E-state index in [4.69, 9.17) is 0 Å². The van der Waals surface area contributed by atoms with Crippen LogP contribution in [-0.2, 0) is 28.7 Å². The number of benzene rings is 1. The zero-order chi connectivity index (χ0) is 20.0. The third-order valence-electron chi connectivity index (χ3n) is 3.48. The Hall–Kier alpha value is -3.09. The minimum atomic E-state index is -2.07. The summed E-state index contributed by atoms with van der Waals surface area (Å²) in [6.45, 7) is 6.76. The molecule has 0 bridgehead atoms. The van der Waals surface area contributed by atoms with Crippen LogP contribution in [0.2, 0.25) is 0 Å². The smallest absolute Gasteiger partial charge is 0.375 e. The summed E-state index contributed by atoms with van der Waals surface area (Å²) in [5.41, 5.74) is 2.55. The third kappa shape index (κ3) is 5.20. The summed E-state index contributed by atoms with van der Waals surface area (Å²) in [6.07, 6.45) is 1.04. The van der Waals surface area contributed by atoms with Gasteiger partial charge in [0.2, 0.25) is 5.78 Å². The molecule has 0 unspecified atom stereocenters. The number of carbonyl (C=O) groups is 5. The maximum absolute atomic E-state index is 12.4. The number of rotatable bonds is 7. The summed E-state index contributed by atoms with van der Waals surface area (Å²) in [5.74, 6) is -8.23. The van der Waals surface area contributed by atoms with E-state index in [1.54, 1.807) is 39.0 Å². The first-order chi connectivity index (χ1) is 12.1. The standard InChI is InChI=1S/C19H21NO6/c1-10(2)8-14(21)15(17(23)19(25)26-5)16(22)18(24)20-13-7-6-11(3)9-12(13)4/h6-9,15H,1-5H3,(H,20,24)/t15-/m1/s1. The number of nitrogens with one attached hydrogen (secondary N) is 1. The van der Waals surface area contributed by atoms with E-state index in [1.165, 1.54) is 0 Å². The summed E-state index contributed by atoms with van der Waals surface area (Å²) in [4.78, 5) is 60.5. The Balaban J connectivity index is 3.16. The summed E-state index contributed by atoms with van der Waals surface area (Å²) in [5, 5.41) is 2.37. The first kappa shape index (κ1) is 21.0. The molecule has 7 nitrogen and oxygen atoms in total. The quantitative estimate of drug-likeness (QED) is 0.344. The van der Waals surface area contributed by atoms with Crippen LogP contribution >= 0.6 is 0 Å². The monoisotopic (exact) mass is 359 g/mol. The number of ketones is 3. The second-order valence-corrected chi connectivity index (χ2v) is 6.05. The van der Waals surface area contributed by atoms with Gasteiger partial charge in [-0.05, 0) is 45.4 Å². The third-order valence-corrected chi connectivity index (χ3v) is 3.48. The van der Waals surface area contributed by atoms with Crippen LogP contribution in [0.25, 0.3) is 0 Å². The number of ether oxygens (including phenoxy) is 1. The summed E-state index contributed by atoms with van der Waals surface area (Å²) >= 11 is 0. The molecule has 0 aromatic heterocycles. The fourth-order valence-electron chi connectivity index (χ4n) is 2.23. The number of allylic oxidation sites excluding steroid dienone is 2.